The molecule has 0 aliphatic heterocycles. The number of nitrogens with two attached hydrogens (primary N) is 1. The van der Waals surface area contributed by atoms with Gasteiger partial charge < -0.3 is 10.5 Å². The van der Waals surface area contributed by atoms with Gasteiger partial charge in [-0.1, -0.05) is 13.8 Å². The molecule has 94 valence electrons. The first-order valence-corrected chi connectivity index (χ1v) is 6.20. The number of hydrogen-bond donors (Lipinski definition) is 1. The lowest BCUT2D eigenvalue weighted by atomic mass is 10.2. The molecule has 0 bridgehead atoms. The summed E-state index contributed by atoms with van der Waals surface area (Å²) in [7, 11) is 0. The van der Waals surface area contributed by atoms with Crippen LogP contribution in [0.15, 0.2) is 0 Å². The van der Waals surface area contributed by atoms with E-state index >= 15 is 0 Å². The van der Waals surface area contributed by atoms with Gasteiger partial charge in [0.2, 0.25) is 0 Å². The van der Waals surface area contributed by atoms with Crippen LogP contribution in [0.4, 0.5) is 0 Å². The lowest BCUT2D eigenvalue weighted by molar-refractivity contribution is -0.145. The van der Waals surface area contributed by atoms with E-state index in [2.05, 4.69) is 18.7 Å². The third kappa shape index (κ3) is 4.49. The van der Waals surface area contributed by atoms with Gasteiger partial charge in [-0.25, -0.2) is 0 Å². The average Bonchev–Trinajstić information content (AvgIpc) is 2.99. The van der Waals surface area contributed by atoms with Gasteiger partial charge in [0.25, 0.3) is 0 Å². The number of rotatable bonds is 7. The Morgan fingerprint density at radius 1 is 1.44 bits per heavy atom. The van der Waals surface area contributed by atoms with Crippen molar-refractivity contribution in [1.82, 2.24) is 4.90 Å². The summed E-state index contributed by atoms with van der Waals surface area (Å²) in [5.41, 5.74) is 5.83. The van der Waals surface area contributed by atoms with Crippen molar-refractivity contribution >= 4 is 5.97 Å². The Labute approximate surface area is 98.1 Å². The van der Waals surface area contributed by atoms with Crippen LogP contribution in [0.3, 0.4) is 0 Å². The third-order valence-electron chi connectivity index (χ3n) is 2.68. The predicted molar refractivity (Wildman–Crippen MR) is 64.0 cm³/mol. The van der Waals surface area contributed by atoms with Gasteiger partial charge in [-0.15, -0.1) is 0 Å². The molecule has 0 heterocycles. The zero-order valence-electron chi connectivity index (χ0n) is 10.6. The maximum Gasteiger partial charge on any atom is 0.324 e. The fourth-order valence-electron chi connectivity index (χ4n) is 1.86. The fraction of sp³-hybridized carbons (Fsp3) is 0.917. The van der Waals surface area contributed by atoms with Crippen LogP contribution in [0.5, 0.6) is 0 Å². The number of esters is 1. The van der Waals surface area contributed by atoms with Gasteiger partial charge >= 0.3 is 5.97 Å². The van der Waals surface area contributed by atoms with Gasteiger partial charge in [-0.2, -0.15) is 0 Å². The van der Waals surface area contributed by atoms with Gasteiger partial charge in [0, 0.05) is 19.1 Å². The molecule has 1 rings (SSSR count). The van der Waals surface area contributed by atoms with Gasteiger partial charge in [-0.05, 0) is 25.7 Å². The highest BCUT2D eigenvalue weighted by atomic mass is 16.5. The van der Waals surface area contributed by atoms with Gasteiger partial charge in [0.1, 0.15) is 6.04 Å². The van der Waals surface area contributed by atoms with E-state index in [0.29, 0.717) is 25.1 Å². The molecule has 1 unspecified atom stereocenters. The van der Waals surface area contributed by atoms with Crippen LogP contribution in [-0.2, 0) is 9.53 Å². The number of hydrogen-bond acceptors (Lipinski definition) is 4. The van der Waals surface area contributed by atoms with E-state index in [9.17, 15) is 4.79 Å². The Bertz CT molecular complexity index is 227. The lowest BCUT2D eigenvalue weighted by Gasteiger charge is -2.26. The topological polar surface area (TPSA) is 55.6 Å². The van der Waals surface area contributed by atoms with Crippen LogP contribution < -0.4 is 5.73 Å². The van der Waals surface area contributed by atoms with Crippen molar-refractivity contribution in [1.29, 1.82) is 0 Å². The molecule has 16 heavy (non-hydrogen) atoms. The van der Waals surface area contributed by atoms with Crippen LogP contribution in [0, 0.1) is 5.92 Å². The summed E-state index contributed by atoms with van der Waals surface area (Å²) in [6, 6.07) is 0.141. The van der Waals surface area contributed by atoms with E-state index in [-0.39, 0.29) is 5.97 Å². The van der Waals surface area contributed by atoms with Crippen LogP contribution in [0.25, 0.3) is 0 Å². The monoisotopic (exact) mass is 228 g/mol. The minimum atomic E-state index is -0.501. The summed E-state index contributed by atoms with van der Waals surface area (Å²) in [4.78, 5) is 13.8. The first kappa shape index (κ1) is 13.5. The second-order valence-corrected chi connectivity index (χ2v) is 4.94. The largest absolute Gasteiger partial charge is 0.465 e. The minimum absolute atomic E-state index is 0.281. The van der Waals surface area contributed by atoms with E-state index in [1.165, 1.54) is 12.8 Å². The van der Waals surface area contributed by atoms with Gasteiger partial charge in [0.15, 0.2) is 0 Å². The molecule has 0 aromatic rings. The molecule has 1 aliphatic rings. The van der Waals surface area contributed by atoms with E-state index in [0.717, 1.165) is 6.54 Å². The lowest BCUT2D eigenvalue weighted by Crippen LogP contribution is -2.45. The van der Waals surface area contributed by atoms with Gasteiger partial charge in [-0.3, -0.25) is 9.69 Å². The van der Waals surface area contributed by atoms with E-state index in [1.54, 1.807) is 6.92 Å². The number of ether oxygens (including phenoxy) is 1. The Morgan fingerprint density at radius 2 is 2.06 bits per heavy atom. The van der Waals surface area contributed by atoms with Crippen molar-refractivity contribution in [3.8, 4) is 0 Å². The van der Waals surface area contributed by atoms with E-state index < -0.39 is 6.04 Å². The molecule has 1 saturated carbocycles. The maximum atomic E-state index is 11.4. The highest BCUT2D eigenvalue weighted by molar-refractivity contribution is 5.75. The predicted octanol–water partition coefficient (Wildman–Crippen LogP) is 0.997. The fourth-order valence-corrected chi connectivity index (χ4v) is 1.86. The first-order chi connectivity index (χ1) is 7.54. The maximum absolute atomic E-state index is 11.4. The molecular weight excluding hydrogens is 204 g/mol. The normalized spacial score (nSPS) is 17.9. The molecule has 4 heteroatoms. The molecule has 2 N–H and O–H groups in total. The molecule has 4 nitrogen and oxygen atoms in total. The van der Waals surface area contributed by atoms with Gasteiger partial charge in [0.05, 0.1) is 6.61 Å². The summed E-state index contributed by atoms with van der Waals surface area (Å²) >= 11 is 0. The van der Waals surface area contributed by atoms with E-state index in [4.69, 9.17) is 10.5 Å². The van der Waals surface area contributed by atoms with Crippen molar-refractivity contribution in [2.45, 2.75) is 45.7 Å². The highest BCUT2D eigenvalue weighted by Crippen LogP contribution is 2.27. The molecule has 0 spiro atoms. The molecule has 1 aliphatic carbocycles. The van der Waals surface area contributed by atoms with Crippen LogP contribution in [0.2, 0.25) is 0 Å². The van der Waals surface area contributed by atoms with Crippen molar-refractivity contribution < 1.29 is 9.53 Å². The quantitative estimate of drug-likeness (QED) is 0.660. The standard InChI is InChI=1S/C12H24N2O2/c1-4-16-12(15)11(13)8-14(7-9(2)3)10-5-6-10/h9-11H,4-8,13H2,1-3H3. The molecule has 0 saturated heterocycles. The summed E-state index contributed by atoms with van der Waals surface area (Å²) < 4.78 is 4.92. The van der Waals surface area contributed by atoms with Crippen molar-refractivity contribution in [3.63, 3.8) is 0 Å². The molecule has 0 aromatic heterocycles. The summed E-state index contributed by atoms with van der Waals surface area (Å²) in [5, 5.41) is 0. The number of carbonyl (C=O) groups is 1. The van der Waals surface area contributed by atoms with Crippen LogP contribution in [0.1, 0.15) is 33.6 Å². The highest BCUT2D eigenvalue weighted by Gasteiger charge is 2.31. The zero-order chi connectivity index (χ0) is 12.1. The second kappa shape index (κ2) is 6.21. The van der Waals surface area contributed by atoms with Crippen molar-refractivity contribution in [2.24, 2.45) is 11.7 Å². The molecule has 0 radical (unpaired) electrons. The Hall–Kier alpha value is -0.610. The van der Waals surface area contributed by atoms with Crippen LogP contribution >= 0.6 is 0 Å². The minimum Gasteiger partial charge on any atom is -0.465 e. The SMILES string of the molecule is CCOC(=O)C(N)CN(CC(C)C)C1CC1. The Balaban J connectivity index is 2.38. The Kier molecular flexibility index (Phi) is 5.22. The third-order valence-corrected chi connectivity index (χ3v) is 2.68. The smallest absolute Gasteiger partial charge is 0.324 e. The summed E-state index contributed by atoms with van der Waals surface area (Å²) in [6.45, 7) is 8.22. The van der Waals surface area contributed by atoms with Crippen molar-refractivity contribution in [2.75, 3.05) is 19.7 Å². The molecule has 0 aromatic carbocycles. The zero-order valence-corrected chi connectivity index (χ0v) is 10.6. The summed E-state index contributed by atoms with van der Waals surface area (Å²) in [6.07, 6.45) is 2.48. The first-order valence-electron chi connectivity index (χ1n) is 6.20. The molecule has 0 amide bonds. The average molecular weight is 228 g/mol. The van der Waals surface area contributed by atoms with E-state index in [1.807, 2.05) is 0 Å². The number of nitrogens with zero attached hydrogens (tertiary/aromatic N) is 1. The Morgan fingerprint density at radius 3 is 2.50 bits per heavy atom. The number of carbonyl (C=O) groups excluding carboxylic acids is 1. The van der Waals surface area contributed by atoms with Crippen molar-refractivity contribution in [3.05, 3.63) is 0 Å². The molecule has 1 fully saturated rings. The second-order valence-electron chi connectivity index (χ2n) is 4.94. The summed E-state index contributed by atoms with van der Waals surface area (Å²) in [5.74, 6) is 0.326. The van der Waals surface area contributed by atoms with Crippen LogP contribution in [-0.4, -0.2) is 42.6 Å². The molecular formula is C12H24N2O2. The molecule has 1 atom stereocenters.